The van der Waals surface area contributed by atoms with E-state index in [0.29, 0.717) is 16.8 Å². The summed E-state index contributed by atoms with van der Waals surface area (Å²) < 4.78 is 35.5. The smallest absolute Gasteiger partial charge is 0.265 e. The number of para-hydroxylation sites is 1. The number of phenols is 1. The number of nitriles is 1. The molecule has 1 atom stereocenters. The molecule has 2 heterocycles. The Balaban J connectivity index is 1.76. The van der Waals surface area contributed by atoms with Gasteiger partial charge in [-0.3, -0.25) is 4.31 Å². The van der Waals surface area contributed by atoms with Crippen molar-refractivity contribution in [2.45, 2.75) is 19.4 Å². The predicted molar refractivity (Wildman–Crippen MR) is 128 cm³/mol. The molecule has 0 amide bonds. The van der Waals surface area contributed by atoms with Crippen LogP contribution >= 0.6 is 0 Å². The normalized spacial score (nSPS) is 18.6. The van der Waals surface area contributed by atoms with Crippen LogP contribution in [0.5, 0.6) is 5.75 Å². The fourth-order valence-corrected chi connectivity index (χ4v) is 6.29. The fraction of sp³-hybridized carbons (Fsp3) is 0.115. The Bertz CT molecular complexity index is 1520. The molecule has 0 aromatic heterocycles. The Kier molecular flexibility index (Phi) is 5.07. The summed E-state index contributed by atoms with van der Waals surface area (Å²) in [6.45, 7) is 2.07. The van der Waals surface area contributed by atoms with Crippen molar-refractivity contribution in [1.29, 1.82) is 5.26 Å². The molecule has 3 aromatic carbocycles. The van der Waals surface area contributed by atoms with Gasteiger partial charge in [0.15, 0.2) is 5.76 Å². The molecule has 170 valence electrons. The summed E-state index contributed by atoms with van der Waals surface area (Å²) in [6, 6.07) is 22.9. The topological polar surface area (TPSA) is 117 Å². The summed E-state index contributed by atoms with van der Waals surface area (Å²) in [5.41, 5.74) is 9.41. The molecule has 2 aliphatic rings. The number of allylic oxidation sites excluding steroid dienone is 2. The van der Waals surface area contributed by atoms with Crippen molar-refractivity contribution in [3.8, 4) is 11.8 Å². The van der Waals surface area contributed by atoms with Crippen LogP contribution in [0.3, 0.4) is 0 Å². The molecule has 0 unspecified atom stereocenters. The number of anilines is 1. The molecule has 0 bridgehead atoms. The molecule has 0 saturated carbocycles. The Morgan fingerprint density at radius 2 is 1.82 bits per heavy atom. The molecule has 0 aliphatic carbocycles. The first kappa shape index (κ1) is 21.6. The molecule has 7 nitrogen and oxygen atoms in total. The third kappa shape index (κ3) is 3.38. The van der Waals surface area contributed by atoms with E-state index in [1.54, 1.807) is 36.4 Å². The number of aryl methyl sites for hydroxylation is 1. The largest absolute Gasteiger partial charge is 0.508 e. The number of fused-ring (bicyclic) bond motifs is 2. The van der Waals surface area contributed by atoms with E-state index in [1.807, 2.05) is 37.3 Å². The maximum Gasteiger partial charge on any atom is 0.265 e. The Morgan fingerprint density at radius 3 is 2.53 bits per heavy atom. The van der Waals surface area contributed by atoms with Gasteiger partial charge >= 0.3 is 0 Å². The lowest BCUT2D eigenvalue weighted by molar-refractivity contribution is 0.357. The van der Waals surface area contributed by atoms with E-state index in [0.717, 1.165) is 11.1 Å². The van der Waals surface area contributed by atoms with Crippen LogP contribution < -0.4 is 10.0 Å². The summed E-state index contributed by atoms with van der Waals surface area (Å²) in [7, 11) is -4.16. The van der Waals surface area contributed by atoms with Crippen molar-refractivity contribution in [3.63, 3.8) is 0 Å². The number of phenolic OH excluding ortho intramolecular Hbond substituents is 1. The lowest BCUT2D eigenvalue weighted by atomic mass is 9.88. The summed E-state index contributed by atoms with van der Waals surface area (Å²) in [6.07, 6.45) is 0. The molecule has 0 radical (unpaired) electrons. The van der Waals surface area contributed by atoms with Crippen LogP contribution in [0.25, 0.3) is 5.76 Å². The molecule has 0 spiro atoms. The van der Waals surface area contributed by atoms with E-state index in [2.05, 4.69) is 0 Å². The molecule has 34 heavy (non-hydrogen) atoms. The Labute approximate surface area is 197 Å². The van der Waals surface area contributed by atoms with Gasteiger partial charge in [-0.1, -0.05) is 54.1 Å². The van der Waals surface area contributed by atoms with Gasteiger partial charge in [0.1, 0.15) is 22.3 Å². The zero-order chi connectivity index (χ0) is 24.0. The number of ether oxygens (including phenoxy) is 1. The quantitative estimate of drug-likeness (QED) is 0.591. The van der Waals surface area contributed by atoms with Crippen LogP contribution in [0.4, 0.5) is 5.69 Å². The average Bonchev–Trinajstić information content (AvgIpc) is 2.82. The lowest BCUT2D eigenvalue weighted by Crippen LogP contribution is -2.39. The Morgan fingerprint density at radius 1 is 1.09 bits per heavy atom. The van der Waals surface area contributed by atoms with Gasteiger partial charge in [0.25, 0.3) is 10.0 Å². The van der Waals surface area contributed by atoms with Gasteiger partial charge in [0.2, 0.25) is 5.88 Å². The monoisotopic (exact) mass is 471 g/mol. The second-order valence-electron chi connectivity index (χ2n) is 8.23. The first-order valence-electron chi connectivity index (χ1n) is 10.6. The van der Waals surface area contributed by atoms with E-state index in [-0.39, 0.29) is 34.4 Å². The number of rotatable bonds is 3. The zero-order valence-corrected chi connectivity index (χ0v) is 19.1. The van der Waals surface area contributed by atoms with Gasteiger partial charge in [-0.15, -0.1) is 0 Å². The van der Waals surface area contributed by atoms with Crippen molar-refractivity contribution in [3.05, 3.63) is 111 Å². The van der Waals surface area contributed by atoms with Crippen molar-refractivity contribution in [2.24, 2.45) is 5.73 Å². The minimum atomic E-state index is -4.16. The van der Waals surface area contributed by atoms with Gasteiger partial charge in [-0.2, -0.15) is 5.26 Å². The number of hydrogen-bond acceptors (Lipinski definition) is 6. The first-order chi connectivity index (χ1) is 16.3. The van der Waals surface area contributed by atoms with Crippen LogP contribution in [0.15, 0.2) is 89.2 Å². The molecule has 5 rings (SSSR count). The molecule has 8 heteroatoms. The summed E-state index contributed by atoms with van der Waals surface area (Å²) in [4.78, 5) is -0.0744. The van der Waals surface area contributed by atoms with Gasteiger partial charge in [0.05, 0.1) is 18.2 Å². The highest BCUT2D eigenvalue weighted by molar-refractivity contribution is 7.96. The number of benzene rings is 3. The van der Waals surface area contributed by atoms with E-state index >= 15 is 0 Å². The number of nitrogens with two attached hydrogens (primary N) is 1. The second kappa shape index (κ2) is 7.97. The molecular weight excluding hydrogens is 450 g/mol. The SMILES string of the molecule is Cc1ccc(CN2c3ccccc3C3=C([C@H](c4cccc(O)c4)C(C#N)=C(N)O3)S2(=O)=O)cc1. The standard InChI is InChI=1S/C26H21N3O4S/c1-16-9-11-17(12-10-16)15-29-22-8-3-2-7-20(22)24-25(34(29,31)32)23(21(14-27)26(28)33-24)18-5-4-6-19(30)13-18/h2-13,23,30H,15,28H2,1H3/t23-/m1/s1. The summed E-state index contributed by atoms with van der Waals surface area (Å²) in [5.74, 6) is -1.14. The third-order valence-corrected chi connectivity index (χ3v) is 7.89. The van der Waals surface area contributed by atoms with Crippen LogP contribution in [-0.2, 0) is 21.3 Å². The molecule has 0 saturated heterocycles. The van der Waals surface area contributed by atoms with Gasteiger partial charge in [-0.25, -0.2) is 8.42 Å². The highest BCUT2D eigenvalue weighted by Crippen LogP contribution is 2.51. The lowest BCUT2D eigenvalue weighted by Gasteiger charge is -2.38. The van der Waals surface area contributed by atoms with E-state index in [9.17, 15) is 18.8 Å². The number of hydrogen-bond donors (Lipinski definition) is 2. The molecule has 2 aliphatic heterocycles. The average molecular weight is 472 g/mol. The minimum Gasteiger partial charge on any atom is -0.508 e. The highest BCUT2D eigenvalue weighted by atomic mass is 32.2. The predicted octanol–water partition coefficient (Wildman–Crippen LogP) is 4.23. The van der Waals surface area contributed by atoms with E-state index in [1.165, 1.54) is 16.4 Å². The van der Waals surface area contributed by atoms with E-state index in [4.69, 9.17) is 10.5 Å². The maximum absolute atomic E-state index is 14.2. The fourth-order valence-electron chi connectivity index (χ4n) is 4.38. The van der Waals surface area contributed by atoms with Gasteiger partial charge in [0, 0.05) is 5.56 Å². The molecule has 0 fully saturated rings. The molecule has 3 aromatic rings. The molecule has 3 N–H and O–H groups in total. The Hall–Kier alpha value is -4.22. The first-order valence-corrected chi connectivity index (χ1v) is 12.0. The number of aromatic hydroxyl groups is 1. The van der Waals surface area contributed by atoms with Crippen LogP contribution in [0.1, 0.15) is 28.2 Å². The van der Waals surface area contributed by atoms with Gasteiger partial charge in [-0.05, 0) is 42.3 Å². The van der Waals surface area contributed by atoms with Crippen molar-refractivity contribution >= 4 is 21.5 Å². The zero-order valence-electron chi connectivity index (χ0n) is 18.3. The van der Waals surface area contributed by atoms with Crippen LogP contribution in [0.2, 0.25) is 0 Å². The van der Waals surface area contributed by atoms with Gasteiger partial charge < -0.3 is 15.6 Å². The highest BCUT2D eigenvalue weighted by Gasteiger charge is 2.47. The number of nitrogens with zero attached hydrogens (tertiary/aromatic N) is 2. The summed E-state index contributed by atoms with van der Waals surface area (Å²) >= 11 is 0. The van der Waals surface area contributed by atoms with Crippen LogP contribution in [-0.4, -0.2) is 13.5 Å². The van der Waals surface area contributed by atoms with Crippen LogP contribution in [0, 0.1) is 18.3 Å². The van der Waals surface area contributed by atoms with E-state index < -0.39 is 15.9 Å². The van der Waals surface area contributed by atoms with Crippen molar-refractivity contribution < 1.29 is 18.3 Å². The third-order valence-electron chi connectivity index (χ3n) is 6.01. The molecular formula is C26H21N3O4S. The van der Waals surface area contributed by atoms with Crippen molar-refractivity contribution in [1.82, 2.24) is 0 Å². The minimum absolute atomic E-state index is 0.0254. The number of sulfonamides is 1. The summed E-state index contributed by atoms with van der Waals surface area (Å²) in [5, 5.41) is 20.0. The second-order valence-corrected chi connectivity index (χ2v) is 10.1. The van der Waals surface area contributed by atoms with Crippen molar-refractivity contribution in [2.75, 3.05) is 4.31 Å². The maximum atomic E-state index is 14.2.